The molecule has 2 N–H and O–H groups in total. The molecule has 1 saturated carbocycles. The zero-order valence-corrected chi connectivity index (χ0v) is 24.2. The molecule has 3 aliphatic rings. The van der Waals surface area contributed by atoms with Crippen LogP contribution in [0.15, 0.2) is 40.5 Å². The highest BCUT2D eigenvalue weighted by molar-refractivity contribution is 8.54. The molecule has 0 amide bonds. The van der Waals surface area contributed by atoms with Gasteiger partial charge in [0.1, 0.15) is 0 Å². The van der Waals surface area contributed by atoms with E-state index in [1.807, 2.05) is 0 Å². The topological polar surface area (TPSA) is 54.0 Å². The Morgan fingerprint density at radius 3 is 2.00 bits per heavy atom. The van der Waals surface area contributed by atoms with Crippen molar-refractivity contribution in [2.75, 3.05) is 18.0 Å². The molecule has 0 radical (unpaired) electrons. The van der Waals surface area contributed by atoms with Crippen LogP contribution < -0.4 is 10.6 Å². The van der Waals surface area contributed by atoms with Crippen molar-refractivity contribution in [1.29, 1.82) is 0 Å². The first-order valence-electron chi connectivity index (χ1n) is 14.1. The lowest BCUT2D eigenvalue weighted by Crippen LogP contribution is -2.31. The van der Waals surface area contributed by atoms with Crippen molar-refractivity contribution >= 4 is 25.9 Å². The second-order valence-electron chi connectivity index (χ2n) is 11.4. The molecule has 0 saturated heterocycles. The van der Waals surface area contributed by atoms with E-state index in [1.165, 1.54) is 36.8 Å². The highest BCUT2D eigenvalue weighted by Crippen LogP contribution is 2.59. The largest absolute Gasteiger partial charge is 0.416 e. The third kappa shape index (κ3) is 6.10. The molecule has 1 fully saturated rings. The normalized spacial score (nSPS) is 22.8. The summed E-state index contributed by atoms with van der Waals surface area (Å²) in [6.45, 7) is 5.57. The Hall–Kier alpha value is -2.69. The molecule has 2 aromatic carbocycles. The molecular formula is C30H36F6N4S. The number of nitrogens with two attached hydrogens (primary N) is 1. The molecule has 41 heavy (non-hydrogen) atoms. The predicted octanol–water partition coefficient (Wildman–Crippen LogP) is 8.40. The van der Waals surface area contributed by atoms with E-state index in [9.17, 15) is 26.3 Å². The van der Waals surface area contributed by atoms with Gasteiger partial charge >= 0.3 is 12.4 Å². The van der Waals surface area contributed by atoms with E-state index in [0.717, 1.165) is 55.7 Å². The van der Waals surface area contributed by atoms with E-state index in [2.05, 4.69) is 34.2 Å². The van der Waals surface area contributed by atoms with Gasteiger partial charge in [0.05, 0.1) is 16.2 Å². The molecule has 1 heterocycles. The minimum Gasteiger partial charge on any atom is -0.378 e. The summed E-state index contributed by atoms with van der Waals surface area (Å²) < 4.78 is 82.1. The lowest BCUT2D eigenvalue weighted by atomic mass is 10.0. The first kappa shape index (κ1) is 29.8. The van der Waals surface area contributed by atoms with E-state index in [-0.39, 0.29) is 22.6 Å². The van der Waals surface area contributed by atoms with Gasteiger partial charge < -0.3 is 10.6 Å². The number of nitrogens with zero attached hydrogens (tertiary/aromatic N) is 3. The summed E-state index contributed by atoms with van der Waals surface area (Å²) in [6.07, 6.45) is -2.02. The molecule has 2 aromatic rings. The monoisotopic (exact) mass is 598 g/mol. The van der Waals surface area contributed by atoms with Gasteiger partial charge in [-0.2, -0.15) is 26.3 Å². The quantitative estimate of drug-likeness (QED) is 0.310. The third-order valence-electron chi connectivity index (χ3n) is 8.69. The number of halogens is 6. The summed E-state index contributed by atoms with van der Waals surface area (Å²) in [5.74, 6) is 0.860. The summed E-state index contributed by atoms with van der Waals surface area (Å²) in [6, 6.07) is 6.23. The SMILES string of the molecule is CCN(CC1CCCC1)c1cc2c(cc1CS1(Cc3cc(C(F)(F)F)cc(C(F)(F)F)c3)C(C)=NN=C1N)CCC2. The second-order valence-corrected chi connectivity index (χ2v) is 14.8. The van der Waals surface area contributed by atoms with Gasteiger partial charge in [-0.15, -0.1) is 20.2 Å². The molecule has 1 unspecified atom stereocenters. The second kappa shape index (κ2) is 11.2. The number of aryl methyl sites for hydroxylation is 2. The number of rotatable bonds is 8. The molecule has 1 atom stereocenters. The molecule has 224 valence electrons. The maximum Gasteiger partial charge on any atom is 0.416 e. The molecule has 1 aliphatic heterocycles. The Labute approximate surface area is 238 Å². The Balaban J connectivity index is 1.58. The smallest absolute Gasteiger partial charge is 0.378 e. The van der Waals surface area contributed by atoms with E-state index in [0.29, 0.717) is 16.7 Å². The summed E-state index contributed by atoms with van der Waals surface area (Å²) >= 11 is 0. The first-order chi connectivity index (χ1) is 19.3. The highest BCUT2D eigenvalue weighted by atomic mass is 32.3. The van der Waals surface area contributed by atoms with E-state index in [4.69, 9.17) is 5.73 Å². The van der Waals surface area contributed by atoms with Crippen molar-refractivity contribution in [3.63, 3.8) is 0 Å². The van der Waals surface area contributed by atoms with Crippen LogP contribution in [0, 0.1) is 5.92 Å². The third-order valence-corrected chi connectivity index (χ3v) is 12.4. The van der Waals surface area contributed by atoms with Crippen molar-refractivity contribution in [3.8, 4) is 0 Å². The molecule has 0 spiro atoms. The number of alkyl halides is 6. The fraction of sp³-hybridized carbons (Fsp3) is 0.533. The van der Waals surface area contributed by atoms with E-state index in [1.54, 1.807) is 6.92 Å². The van der Waals surface area contributed by atoms with Crippen LogP contribution >= 0.6 is 10.0 Å². The van der Waals surface area contributed by atoms with Gasteiger partial charge in [-0.3, -0.25) is 0 Å². The predicted molar refractivity (Wildman–Crippen MR) is 154 cm³/mol. The van der Waals surface area contributed by atoms with Gasteiger partial charge in [-0.1, -0.05) is 18.9 Å². The van der Waals surface area contributed by atoms with E-state index < -0.39 is 33.5 Å². The van der Waals surface area contributed by atoms with Gasteiger partial charge in [0.25, 0.3) is 0 Å². The minimum atomic E-state index is -4.92. The number of hydrogen-bond acceptors (Lipinski definition) is 4. The Morgan fingerprint density at radius 2 is 1.46 bits per heavy atom. The maximum atomic E-state index is 13.7. The molecule has 2 aliphatic carbocycles. The summed E-state index contributed by atoms with van der Waals surface area (Å²) in [4.78, 5) is 2.39. The van der Waals surface area contributed by atoms with Gasteiger partial charge in [-0.05, 0) is 98.4 Å². The molecule has 0 bridgehead atoms. The van der Waals surface area contributed by atoms with Crippen molar-refractivity contribution in [2.45, 2.75) is 82.7 Å². The lowest BCUT2D eigenvalue weighted by Gasteiger charge is -2.38. The van der Waals surface area contributed by atoms with Crippen LogP contribution in [0.25, 0.3) is 0 Å². The number of amidine groups is 1. The van der Waals surface area contributed by atoms with Crippen LogP contribution in [0.5, 0.6) is 0 Å². The van der Waals surface area contributed by atoms with Crippen molar-refractivity contribution < 1.29 is 26.3 Å². The summed E-state index contributed by atoms with van der Waals surface area (Å²) in [7, 11) is -2.34. The van der Waals surface area contributed by atoms with Crippen LogP contribution in [-0.2, 0) is 36.7 Å². The van der Waals surface area contributed by atoms with Gasteiger partial charge in [0.2, 0.25) is 0 Å². The maximum absolute atomic E-state index is 13.7. The van der Waals surface area contributed by atoms with Crippen LogP contribution in [0.4, 0.5) is 32.0 Å². The standard InChI is InChI=1S/C30H36F6N4S/c1-3-40(16-20-7-4-5-8-20)27-14-23-10-6-9-22(23)13-24(27)18-41(19(2)38-39-28(41)37)17-21-11-25(29(31,32)33)15-26(12-21)30(34,35)36/h11-15,20H,3-10,16-18H2,1-2H3,(H2,37,39). The van der Waals surface area contributed by atoms with Crippen molar-refractivity contribution in [3.05, 3.63) is 63.7 Å². The number of fused-ring (bicyclic) bond motifs is 1. The van der Waals surface area contributed by atoms with Crippen molar-refractivity contribution in [2.24, 2.45) is 21.9 Å². The highest BCUT2D eigenvalue weighted by Gasteiger charge is 2.41. The number of anilines is 1. The number of hydrogen-bond donors (Lipinski definition) is 1. The van der Waals surface area contributed by atoms with Crippen molar-refractivity contribution in [1.82, 2.24) is 0 Å². The average molecular weight is 599 g/mol. The molecule has 0 aromatic heterocycles. The Kier molecular flexibility index (Phi) is 8.13. The minimum absolute atomic E-state index is 0.0715. The molecule has 11 heteroatoms. The van der Waals surface area contributed by atoms with Crippen LogP contribution in [0.3, 0.4) is 0 Å². The Morgan fingerprint density at radius 1 is 0.854 bits per heavy atom. The lowest BCUT2D eigenvalue weighted by molar-refractivity contribution is -0.143. The van der Waals surface area contributed by atoms with Gasteiger partial charge in [0, 0.05) is 30.3 Å². The summed E-state index contributed by atoms with van der Waals surface area (Å²) in [5.41, 5.74) is 8.39. The zero-order valence-electron chi connectivity index (χ0n) is 23.3. The van der Waals surface area contributed by atoms with Gasteiger partial charge in [0.15, 0.2) is 5.17 Å². The van der Waals surface area contributed by atoms with Gasteiger partial charge in [-0.25, -0.2) is 0 Å². The molecule has 5 rings (SSSR count). The van der Waals surface area contributed by atoms with Crippen LogP contribution in [-0.4, -0.2) is 23.3 Å². The van der Waals surface area contributed by atoms with Crippen LogP contribution in [0.2, 0.25) is 0 Å². The first-order valence-corrected chi connectivity index (χ1v) is 16.1. The fourth-order valence-corrected chi connectivity index (χ4v) is 9.47. The van der Waals surface area contributed by atoms with E-state index >= 15 is 0 Å². The zero-order chi connectivity index (χ0) is 29.6. The molecular weight excluding hydrogens is 562 g/mol. The van der Waals surface area contributed by atoms with Crippen LogP contribution in [0.1, 0.15) is 79.3 Å². The summed E-state index contributed by atoms with van der Waals surface area (Å²) in [5, 5.41) is 9.08. The fourth-order valence-electron chi connectivity index (χ4n) is 6.46. The Bertz CT molecular complexity index is 1310. The average Bonchev–Trinajstić information content (AvgIpc) is 3.64. The molecule has 4 nitrogen and oxygen atoms in total. The number of benzene rings is 2.